The Morgan fingerprint density at radius 1 is 1.35 bits per heavy atom. The van der Waals surface area contributed by atoms with Gasteiger partial charge in [-0.3, -0.25) is 4.79 Å². The highest BCUT2D eigenvalue weighted by Crippen LogP contribution is 2.48. The highest BCUT2D eigenvalue weighted by Gasteiger charge is 2.40. The van der Waals surface area contributed by atoms with Crippen LogP contribution in [0.3, 0.4) is 0 Å². The van der Waals surface area contributed by atoms with Gasteiger partial charge in [0.1, 0.15) is 0 Å². The zero-order valence-corrected chi connectivity index (χ0v) is 12.1. The number of carbonyl (C=O) groups is 1. The van der Waals surface area contributed by atoms with E-state index in [9.17, 15) is 4.79 Å². The first-order valence-corrected chi connectivity index (χ1v) is 7.43. The van der Waals surface area contributed by atoms with Crippen molar-refractivity contribution in [3.05, 3.63) is 0 Å². The lowest BCUT2D eigenvalue weighted by molar-refractivity contribution is -0.130. The van der Waals surface area contributed by atoms with Crippen LogP contribution in [-0.2, 0) is 4.79 Å². The largest absolute Gasteiger partial charge is 0.345 e. The molecule has 3 heteroatoms. The van der Waals surface area contributed by atoms with Crippen molar-refractivity contribution >= 4 is 18.5 Å². The molecule has 0 spiro atoms. The van der Waals surface area contributed by atoms with Crippen molar-refractivity contribution in [1.29, 1.82) is 0 Å². The smallest absolute Gasteiger partial charge is 0.235 e. The van der Waals surface area contributed by atoms with Crippen LogP contribution in [-0.4, -0.2) is 29.6 Å². The number of fused-ring (bicyclic) bond motifs is 2. The minimum Gasteiger partial charge on any atom is -0.345 e. The molecule has 0 aromatic carbocycles. The average molecular weight is 255 g/mol. The van der Waals surface area contributed by atoms with E-state index >= 15 is 0 Å². The summed E-state index contributed by atoms with van der Waals surface area (Å²) in [5, 5.41) is -0.140. The predicted octanol–water partition coefficient (Wildman–Crippen LogP) is 2.84. The maximum Gasteiger partial charge on any atom is 0.235 e. The van der Waals surface area contributed by atoms with Crippen LogP contribution in [0.2, 0.25) is 0 Å². The second-order valence-corrected chi connectivity index (χ2v) is 6.90. The lowest BCUT2D eigenvalue weighted by atomic mass is 9.88. The molecule has 4 unspecified atom stereocenters. The van der Waals surface area contributed by atoms with E-state index in [4.69, 9.17) is 0 Å². The van der Waals surface area contributed by atoms with Crippen LogP contribution < -0.4 is 0 Å². The Labute approximate surface area is 111 Å². The fourth-order valence-corrected chi connectivity index (χ4v) is 3.75. The summed E-state index contributed by atoms with van der Waals surface area (Å²) >= 11 is 4.42. The van der Waals surface area contributed by atoms with E-state index in [1.807, 2.05) is 11.9 Å². The quantitative estimate of drug-likeness (QED) is 0.766. The SMILES string of the molecule is CC(C)C(S)C(=O)N(C)CC1CC2CCC1C2. The second kappa shape index (κ2) is 5.21. The summed E-state index contributed by atoms with van der Waals surface area (Å²) < 4.78 is 0. The summed E-state index contributed by atoms with van der Waals surface area (Å²) in [6, 6.07) is 0. The van der Waals surface area contributed by atoms with Gasteiger partial charge in [-0.25, -0.2) is 0 Å². The molecule has 2 nitrogen and oxygen atoms in total. The number of hydrogen-bond donors (Lipinski definition) is 1. The van der Waals surface area contributed by atoms with Crippen LogP contribution in [0.1, 0.15) is 39.5 Å². The minimum atomic E-state index is -0.140. The van der Waals surface area contributed by atoms with Crippen molar-refractivity contribution in [2.24, 2.45) is 23.7 Å². The van der Waals surface area contributed by atoms with E-state index in [-0.39, 0.29) is 11.2 Å². The van der Waals surface area contributed by atoms with Crippen LogP contribution in [0, 0.1) is 23.7 Å². The van der Waals surface area contributed by atoms with Gasteiger partial charge >= 0.3 is 0 Å². The first kappa shape index (κ1) is 13.3. The van der Waals surface area contributed by atoms with E-state index in [0.717, 1.165) is 24.3 Å². The van der Waals surface area contributed by atoms with E-state index in [2.05, 4.69) is 26.5 Å². The van der Waals surface area contributed by atoms with Crippen LogP contribution in [0.5, 0.6) is 0 Å². The zero-order chi connectivity index (χ0) is 12.6. The third-order valence-electron chi connectivity index (χ3n) is 4.65. The van der Waals surface area contributed by atoms with Crippen LogP contribution >= 0.6 is 12.6 Å². The van der Waals surface area contributed by atoms with Gasteiger partial charge in [0.25, 0.3) is 0 Å². The van der Waals surface area contributed by atoms with Crippen LogP contribution in [0.25, 0.3) is 0 Å². The molecule has 2 fully saturated rings. The third-order valence-corrected chi connectivity index (χ3v) is 5.47. The van der Waals surface area contributed by atoms with Crippen molar-refractivity contribution in [3.63, 3.8) is 0 Å². The predicted molar refractivity (Wildman–Crippen MR) is 74.2 cm³/mol. The molecule has 0 aliphatic heterocycles. The fraction of sp³-hybridized carbons (Fsp3) is 0.929. The molecular formula is C14H25NOS. The first-order chi connectivity index (χ1) is 7.99. The number of hydrogen-bond acceptors (Lipinski definition) is 2. The number of amides is 1. The zero-order valence-electron chi connectivity index (χ0n) is 11.2. The van der Waals surface area contributed by atoms with Crippen LogP contribution in [0.4, 0.5) is 0 Å². The summed E-state index contributed by atoms with van der Waals surface area (Å²) in [6.45, 7) is 5.06. The molecule has 0 radical (unpaired) electrons. The fourth-order valence-electron chi connectivity index (χ4n) is 3.55. The monoisotopic (exact) mass is 255 g/mol. The van der Waals surface area contributed by atoms with Gasteiger partial charge in [-0.15, -0.1) is 0 Å². The summed E-state index contributed by atoms with van der Waals surface area (Å²) in [7, 11) is 1.94. The molecule has 1 amide bonds. The van der Waals surface area contributed by atoms with E-state index in [0.29, 0.717) is 5.92 Å². The minimum absolute atomic E-state index is 0.140. The lowest BCUT2D eigenvalue weighted by Crippen LogP contribution is -2.40. The van der Waals surface area contributed by atoms with Gasteiger partial charge in [-0.05, 0) is 42.9 Å². The first-order valence-electron chi connectivity index (χ1n) is 6.92. The molecule has 0 aromatic rings. The van der Waals surface area contributed by atoms with E-state index in [1.54, 1.807) is 0 Å². The molecule has 0 saturated heterocycles. The van der Waals surface area contributed by atoms with Gasteiger partial charge in [0.05, 0.1) is 5.25 Å². The van der Waals surface area contributed by atoms with Gasteiger partial charge in [0.15, 0.2) is 0 Å². The van der Waals surface area contributed by atoms with Gasteiger partial charge in [0, 0.05) is 13.6 Å². The van der Waals surface area contributed by atoms with Crippen molar-refractivity contribution in [1.82, 2.24) is 4.90 Å². The molecule has 2 bridgehead atoms. The molecule has 2 aliphatic rings. The maximum absolute atomic E-state index is 12.1. The van der Waals surface area contributed by atoms with Crippen molar-refractivity contribution in [3.8, 4) is 0 Å². The van der Waals surface area contributed by atoms with Crippen LogP contribution in [0.15, 0.2) is 0 Å². The van der Waals surface area contributed by atoms with Crippen molar-refractivity contribution < 1.29 is 4.79 Å². The van der Waals surface area contributed by atoms with Gasteiger partial charge in [0.2, 0.25) is 5.91 Å². The van der Waals surface area contributed by atoms with Crippen molar-refractivity contribution in [2.45, 2.75) is 44.8 Å². The van der Waals surface area contributed by atoms with E-state index < -0.39 is 0 Å². The molecule has 17 heavy (non-hydrogen) atoms. The van der Waals surface area contributed by atoms with Gasteiger partial charge in [-0.2, -0.15) is 12.6 Å². The Bertz CT molecular complexity index is 292. The molecule has 98 valence electrons. The number of nitrogens with zero attached hydrogens (tertiary/aromatic N) is 1. The highest BCUT2D eigenvalue weighted by molar-refractivity contribution is 7.81. The Hall–Kier alpha value is -0.180. The summed E-state index contributed by atoms with van der Waals surface area (Å²) in [5.41, 5.74) is 0. The Balaban J connectivity index is 1.85. The lowest BCUT2D eigenvalue weighted by Gasteiger charge is -2.29. The molecular weight excluding hydrogens is 230 g/mol. The number of rotatable bonds is 4. The summed E-state index contributed by atoms with van der Waals surface area (Å²) in [5.74, 6) is 3.13. The molecule has 0 aromatic heterocycles. The van der Waals surface area contributed by atoms with E-state index in [1.165, 1.54) is 25.7 Å². The molecule has 2 aliphatic carbocycles. The molecule has 2 rings (SSSR count). The normalized spacial score (nSPS) is 33.1. The number of thiol groups is 1. The summed E-state index contributed by atoms with van der Waals surface area (Å²) in [6.07, 6.45) is 5.59. The summed E-state index contributed by atoms with van der Waals surface area (Å²) in [4.78, 5) is 14.0. The highest BCUT2D eigenvalue weighted by atomic mass is 32.1. The standard InChI is InChI=1S/C14H25NOS/c1-9(2)13(17)14(16)15(3)8-12-7-10-4-5-11(12)6-10/h9-13,17H,4-8H2,1-3H3. The third kappa shape index (κ3) is 2.81. The van der Waals surface area contributed by atoms with Gasteiger partial charge < -0.3 is 4.90 Å². The number of carbonyl (C=O) groups excluding carboxylic acids is 1. The molecule has 4 atom stereocenters. The topological polar surface area (TPSA) is 20.3 Å². The molecule has 2 saturated carbocycles. The van der Waals surface area contributed by atoms with Gasteiger partial charge in [-0.1, -0.05) is 20.3 Å². The van der Waals surface area contributed by atoms with Crippen molar-refractivity contribution in [2.75, 3.05) is 13.6 Å². The second-order valence-electron chi connectivity index (χ2n) is 6.34. The Kier molecular flexibility index (Phi) is 4.06. The maximum atomic E-state index is 12.1. The molecule has 0 heterocycles. The molecule has 0 N–H and O–H groups in total. The average Bonchev–Trinajstić information content (AvgIpc) is 2.88. The Morgan fingerprint density at radius 2 is 2.06 bits per heavy atom. The Morgan fingerprint density at radius 3 is 2.53 bits per heavy atom.